The van der Waals surface area contributed by atoms with E-state index in [2.05, 4.69) is 34.5 Å². The Morgan fingerprint density at radius 1 is 1.00 bits per heavy atom. The van der Waals surface area contributed by atoms with Crippen LogP contribution < -0.4 is 5.32 Å². The minimum atomic E-state index is 0.177. The van der Waals surface area contributed by atoms with Gasteiger partial charge < -0.3 is 5.32 Å². The zero-order valence-electron chi connectivity index (χ0n) is 12.5. The lowest BCUT2D eigenvalue weighted by Crippen LogP contribution is -2.41. The van der Waals surface area contributed by atoms with Crippen LogP contribution in [0.25, 0.3) is 0 Å². The fourth-order valence-corrected chi connectivity index (χ4v) is 3.55. The first kappa shape index (κ1) is 13.3. The van der Waals surface area contributed by atoms with E-state index in [1.54, 1.807) is 0 Å². The first-order chi connectivity index (χ1) is 10.3. The average Bonchev–Trinajstić information content (AvgIpc) is 3.41. The first-order valence-corrected chi connectivity index (χ1v) is 8.38. The second kappa shape index (κ2) is 5.45. The Balaban J connectivity index is 1.54. The van der Waals surface area contributed by atoms with Gasteiger partial charge in [0.25, 0.3) is 0 Å². The topological polar surface area (TPSA) is 32.3 Å². The lowest BCUT2D eigenvalue weighted by molar-refractivity contribution is -0.119. The predicted molar refractivity (Wildman–Crippen MR) is 82.8 cm³/mol. The van der Waals surface area contributed by atoms with Crippen LogP contribution in [-0.2, 0) is 4.79 Å². The number of hydrogen-bond donors (Lipinski definition) is 1. The summed E-state index contributed by atoms with van der Waals surface area (Å²) in [6.45, 7) is 2.39. The van der Waals surface area contributed by atoms with Gasteiger partial charge in [0.1, 0.15) is 0 Å². The molecular weight excluding hydrogens is 260 g/mol. The Bertz CT molecular complexity index is 493. The molecule has 0 bridgehead atoms. The summed E-state index contributed by atoms with van der Waals surface area (Å²) in [5.74, 6) is 1.98. The van der Waals surface area contributed by atoms with E-state index in [9.17, 15) is 4.79 Å². The Morgan fingerprint density at radius 2 is 1.62 bits per heavy atom. The molecule has 0 radical (unpaired) electrons. The van der Waals surface area contributed by atoms with Crippen molar-refractivity contribution in [1.82, 2.24) is 10.2 Å². The van der Waals surface area contributed by atoms with E-state index in [0.29, 0.717) is 12.5 Å². The summed E-state index contributed by atoms with van der Waals surface area (Å²) in [6, 6.07) is 11.0. The molecule has 2 saturated carbocycles. The van der Waals surface area contributed by atoms with Crippen molar-refractivity contribution in [1.29, 1.82) is 0 Å². The number of benzene rings is 1. The van der Waals surface area contributed by atoms with Gasteiger partial charge in [-0.05, 0) is 43.1 Å². The van der Waals surface area contributed by atoms with Gasteiger partial charge in [0.15, 0.2) is 0 Å². The zero-order chi connectivity index (χ0) is 14.2. The van der Waals surface area contributed by atoms with Gasteiger partial charge >= 0.3 is 0 Å². The van der Waals surface area contributed by atoms with Crippen LogP contribution in [0.15, 0.2) is 30.3 Å². The Morgan fingerprint density at radius 3 is 2.19 bits per heavy atom. The molecule has 2 aliphatic carbocycles. The van der Waals surface area contributed by atoms with Crippen molar-refractivity contribution in [2.24, 2.45) is 11.8 Å². The summed E-state index contributed by atoms with van der Waals surface area (Å²) in [6.07, 6.45) is 6.19. The van der Waals surface area contributed by atoms with E-state index in [1.165, 1.54) is 44.3 Å². The Kier molecular flexibility index (Phi) is 3.46. The average molecular weight is 284 g/mol. The van der Waals surface area contributed by atoms with Crippen molar-refractivity contribution in [2.45, 2.75) is 44.2 Å². The monoisotopic (exact) mass is 284 g/mol. The van der Waals surface area contributed by atoms with Crippen molar-refractivity contribution < 1.29 is 4.79 Å². The van der Waals surface area contributed by atoms with E-state index >= 15 is 0 Å². The highest BCUT2D eigenvalue weighted by Gasteiger charge is 2.41. The summed E-state index contributed by atoms with van der Waals surface area (Å²) in [5.41, 5.74) is 1.25. The fourth-order valence-electron chi connectivity index (χ4n) is 3.55. The molecule has 1 unspecified atom stereocenters. The molecule has 1 N–H and O–H groups in total. The highest BCUT2D eigenvalue weighted by Crippen LogP contribution is 2.38. The zero-order valence-corrected chi connectivity index (χ0v) is 12.5. The highest BCUT2D eigenvalue weighted by atomic mass is 16.2. The van der Waals surface area contributed by atoms with Gasteiger partial charge in [-0.1, -0.05) is 30.3 Å². The van der Waals surface area contributed by atoms with Crippen molar-refractivity contribution >= 4 is 5.91 Å². The molecule has 3 heteroatoms. The molecule has 2 atom stereocenters. The van der Waals surface area contributed by atoms with Crippen LogP contribution in [0.1, 0.15) is 43.7 Å². The van der Waals surface area contributed by atoms with Crippen molar-refractivity contribution in [3.05, 3.63) is 35.9 Å². The third kappa shape index (κ3) is 3.13. The summed E-state index contributed by atoms with van der Waals surface area (Å²) < 4.78 is 0. The van der Waals surface area contributed by atoms with Gasteiger partial charge in [-0.3, -0.25) is 9.69 Å². The van der Waals surface area contributed by atoms with Crippen LogP contribution in [0, 0.1) is 11.8 Å². The fraction of sp³-hybridized carbons (Fsp3) is 0.611. The van der Waals surface area contributed by atoms with Crippen LogP contribution in [-0.4, -0.2) is 29.9 Å². The molecule has 4 rings (SSSR count). The molecule has 3 aliphatic rings. The molecule has 3 nitrogen and oxygen atoms in total. The number of carbonyl (C=O) groups excluding carboxylic acids is 1. The molecule has 112 valence electrons. The standard InChI is InChI=1S/C18H24N2O/c21-17-10-16(18(19-17)15-4-2-1-3-5-15)20(11-13-6-7-13)12-14-8-9-14/h1-5,13-14,16,18H,6-12H2,(H,19,21)/t16-,18?/m1/s1. The van der Waals surface area contributed by atoms with Gasteiger partial charge in [0.05, 0.1) is 6.04 Å². The Labute approximate surface area is 126 Å². The van der Waals surface area contributed by atoms with Crippen LogP contribution in [0.2, 0.25) is 0 Å². The minimum absolute atomic E-state index is 0.177. The largest absolute Gasteiger partial charge is 0.348 e. The predicted octanol–water partition coefficient (Wildman–Crippen LogP) is 2.74. The lowest BCUT2D eigenvalue weighted by atomic mass is 9.98. The molecule has 0 aromatic heterocycles. The van der Waals surface area contributed by atoms with Crippen LogP contribution in [0.5, 0.6) is 0 Å². The molecule has 21 heavy (non-hydrogen) atoms. The van der Waals surface area contributed by atoms with Crippen LogP contribution in [0.3, 0.4) is 0 Å². The SMILES string of the molecule is O=C1C[C@@H](N(CC2CC2)CC2CC2)C(c2ccccc2)N1. The molecule has 1 aromatic carbocycles. The van der Waals surface area contributed by atoms with E-state index < -0.39 is 0 Å². The molecule has 1 amide bonds. The summed E-state index contributed by atoms with van der Waals surface area (Å²) in [5, 5.41) is 3.21. The maximum Gasteiger partial charge on any atom is 0.222 e. The first-order valence-electron chi connectivity index (χ1n) is 8.38. The summed E-state index contributed by atoms with van der Waals surface area (Å²) >= 11 is 0. The molecule has 1 aromatic rings. The number of rotatable bonds is 6. The highest BCUT2D eigenvalue weighted by molar-refractivity contribution is 5.80. The number of hydrogen-bond acceptors (Lipinski definition) is 2. The molecule has 3 fully saturated rings. The normalized spacial score (nSPS) is 28.9. The van der Waals surface area contributed by atoms with Crippen molar-refractivity contribution in [3.8, 4) is 0 Å². The van der Waals surface area contributed by atoms with Gasteiger partial charge in [-0.2, -0.15) is 0 Å². The maximum atomic E-state index is 12.0. The number of nitrogens with zero attached hydrogens (tertiary/aromatic N) is 1. The summed E-state index contributed by atoms with van der Waals surface area (Å²) in [4.78, 5) is 14.6. The van der Waals surface area contributed by atoms with Gasteiger partial charge in [0.2, 0.25) is 5.91 Å². The maximum absolute atomic E-state index is 12.0. The number of carbonyl (C=O) groups is 1. The third-order valence-corrected chi connectivity index (χ3v) is 5.10. The third-order valence-electron chi connectivity index (χ3n) is 5.10. The van der Waals surface area contributed by atoms with E-state index in [-0.39, 0.29) is 11.9 Å². The second-order valence-corrected chi connectivity index (χ2v) is 7.07. The van der Waals surface area contributed by atoms with Gasteiger partial charge in [0, 0.05) is 25.6 Å². The van der Waals surface area contributed by atoms with Crippen molar-refractivity contribution in [3.63, 3.8) is 0 Å². The summed E-state index contributed by atoms with van der Waals surface area (Å²) in [7, 11) is 0. The van der Waals surface area contributed by atoms with E-state index in [0.717, 1.165) is 11.8 Å². The molecule has 1 aliphatic heterocycles. The van der Waals surface area contributed by atoms with E-state index in [1.807, 2.05) is 6.07 Å². The number of amides is 1. The molecule has 1 heterocycles. The van der Waals surface area contributed by atoms with Gasteiger partial charge in [-0.25, -0.2) is 0 Å². The quantitative estimate of drug-likeness (QED) is 0.871. The second-order valence-electron chi connectivity index (χ2n) is 7.07. The van der Waals surface area contributed by atoms with Crippen molar-refractivity contribution in [2.75, 3.05) is 13.1 Å². The van der Waals surface area contributed by atoms with E-state index in [4.69, 9.17) is 0 Å². The lowest BCUT2D eigenvalue weighted by Gasteiger charge is -2.32. The van der Waals surface area contributed by atoms with Crippen LogP contribution in [0.4, 0.5) is 0 Å². The molecule has 0 spiro atoms. The van der Waals surface area contributed by atoms with Crippen LogP contribution >= 0.6 is 0 Å². The Hall–Kier alpha value is -1.35. The smallest absolute Gasteiger partial charge is 0.222 e. The number of nitrogens with one attached hydrogen (secondary N) is 1. The molecular formula is C18H24N2O. The minimum Gasteiger partial charge on any atom is -0.348 e. The van der Waals surface area contributed by atoms with Gasteiger partial charge in [-0.15, -0.1) is 0 Å². The molecule has 1 saturated heterocycles.